The Hall–Kier alpha value is -1.60. The minimum absolute atomic E-state index is 0.302. The molecule has 0 saturated heterocycles. The zero-order valence-electron chi connectivity index (χ0n) is 10.5. The van der Waals surface area contributed by atoms with Gasteiger partial charge in [0, 0.05) is 17.9 Å². The zero-order valence-corrected chi connectivity index (χ0v) is 11.2. The van der Waals surface area contributed by atoms with Gasteiger partial charge in [-0.25, -0.2) is 0 Å². The van der Waals surface area contributed by atoms with Crippen molar-refractivity contribution in [2.24, 2.45) is 0 Å². The molecule has 0 heterocycles. The molecule has 0 aliphatic heterocycles. The highest BCUT2D eigenvalue weighted by atomic mass is 35.5. The average Bonchev–Trinajstić information content (AvgIpc) is 2.41. The van der Waals surface area contributed by atoms with E-state index in [1.807, 2.05) is 67.6 Å². The molecule has 2 aromatic rings. The van der Waals surface area contributed by atoms with Crippen LogP contribution in [0.5, 0.6) is 0 Å². The predicted molar refractivity (Wildman–Crippen MR) is 76.9 cm³/mol. The molecule has 0 fully saturated rings. The topological polar surface area (TPSA) is 17.1 Å². The van der Waals surface area contributed by atoms with Crippen molar-refractivity contribution in [3.63, 3.8) is 0 Å². The third-order valence-electron chi connectivity index (χ3n) is 2.37. The largest absolute Gasteiger partial charge is 0.299 e. The number of Topliss-reactive ketones (excluding diaryl/α,β-unsaturated/α-hetero) is 1. The molecular formula is C16H17ClO. The Balaban J connectivity index is 0.000000199. The summed E-state index contributed by atoms with van der Waals surface area (Å²) in [5.41, 5.74) is 1.11. The van der Waals surface area contributed by atoms with Crippen LogP contribution in [0.15, 0.2) is 60.7 Å². The summed E-state index contributed by atoms with van der Waals surface area (Å²) in [7, 11) is 0. The number of carbonyl (C=O) groups is 1. The van der Waals surface area contributed by atoms with E-state index in [0.717, 1.165) is 10.6 Å². The number of halogens is 1. The van der Waals surface area contributed by atoms with Gasteiger partial charge in [-0.1, -0.05) is 67.1 Å². The Labute approximate surface area is 113 Å². The van der Waals surface area contributed by atoms with Gasteiger partial charge in [-0.2, -0.15) is 0 Å². The van der Waals surface area contributed by atoms with Crippen LogP contribution in [0.3, 0.4) is 0 Å². The van der Waals surface area contributed by atoms with Crippen molar-refractivity contribution in [1.29, 1.82) is 0 Å². The molecule has 0 unspecified atom stereocenters. The first-order valence-electron chi connectivity index (χ1n) is 5.98. The molecule has 2 aromatic carbocycles. The minimum atomic E-state index is 0.302. The molecule has 0 aromatic heterocycles. The average molecular weight is 261 g/mol. The van der Waals surface area contributed by atoms with E-state index in [1.165, 1.54) is 0 Å². The summed E-state index contributed by atoms with van der Waals surface area (Å²) in [6, 6.07) is 19.3. The van der Waals surface area contributed by atoms with Gasteiger partial charge in [-0.3, -0.25) is 4.79 Å². The fourth-order valence-corrected chi connectivity index (χ4v) is 1.51. The van der Waals surface area contributed by atoms with Crippen molar-refractivity contribution in [3.8, 4) is 0 Å². The highest BCUT2D eigenvalue weighted by Gasteiger charge is 1.98. The normalized spacial score (nSPS) is 9.22. The summed E-state index contributed by atoms with van der Waals surface area (Å²) in [5.74, 6) is 0.302. The van der Waals surface area contributed by atoms with Crippen molar-refractivity contribution in [2.45, 2.75) is 19.8 Å². The summed E-state index contributed by atoms with van der Waals surface area (Å²) in [6.45, 7) is 1.89. The lowest BCUT2D eigenvalue weighted by Gasteiger charge is -1.96. The van der Waals surface area contributed by atoms with Gasteiger partial charge in [-0.05, 0) is 17.7 Å². The van der Waals surface area contributed by atoms with Crippen LogP contribution in [-0.2, 0) is 11.2 Å². The van der Waals surface area contributed by atoms with Gasteiger partial charge < -0.3 is 0 Å². The fraction of sp³-hybridized carbons (Fsp3) is 0.188. The highest BCUT2D eigenvalue weighted by molar-refractivity contribution is 6.30. The molecule has 0 radical (unpaired) electrons. The zero-order chi connectivity index (χ0) is 13.2. The van der Waals surface area contributed by atoms with Crippen molar-refractivity contribution in [2.75, 3.05) is 0 Å². The van der Waals surface area contributed by atoms with Gasteiger partial charge in [0.2, 0.25) is 0 Å². The molecule has 0 N–H and O–H groups in total. The van der Waals surface area contributed by atoms with Crippen molar-refractivity contribution in [1.82, 2.24) is 0 Å². The van der Waals surface area contributed by atoms with Crippen LogP contribution in [0.2, 0.25) is 5.02 Å². The lowest BCUT2D eigenvalue weighted by Crippen LogP contribution is -1.99. The van der Waals surface area contributed by atoms with E-state index in [1.54, 1.807) is 0 Å². The first kappa shape index (κ1) is 14.5. The number of benzene rings is 2. The van der Waals surface area contributed by atoms with Crippen LogP contribution in [0.1, 0.15) is 18.9 Å². The fourth-order valence-electron chi connectivity index (χ4n) is 1.36. The predicted octanol–water partition coefficient (Wildman–Crippen LogP) is 4.55. The van der Waals surface area contributed by atoms with Crippen LogP contribution < -0.4 is 0 Å². The molecule has 0 atom stereocenters. The quantitative estimate of drug-likeness (QED) is 0.791. The molecule has 94 valence electrons. The van der Waals surface area contributed by atoms with E-state index in [-0.39, 0.29) is 0 Å². The molecule has 0 saturated carbocycles. The maximum absolute atomic E-state index is 11.0. The van der Waals surface area contributed by atoms with Crippen LogP contribution in [0.25, 0.3) is 0 Å². The van der Waals surface area contributed by atoms with E-state index in [0.29, 0.717) is 18.6 Å². The summed E-state index contributed by atoms with van der Waals surface area (Å²) in [6.07, 6.45) is 1.21. The molecule has 1 nitrogen and oxygen atoms in total. The van der Waals surface area contributed by atoms with E-state index < -0.39 is 0 Å². The first-order valence-corrected chi connectivity index (χ1v) is 6.36. The third-order valence-corrected chi connectivity index (χ3v) is 2.62. The summed E-state index contributed by atoms with van der Waals surface area (Å²) in [5, 5.41) is 0.794. The molecule has 0 spiro atoms. The van der Waals surface area contributed by atoms with E-state index in [2.05, 4.69) is 0 Å². The van der Waals surface area contributed by atoms with Crippen LogP contribution in [0.4, 0.5) is 0 Å². The lowest BCUT2D eigenvalue weighted by atomic mass is 10.1. The number of hydrogen-bond donors (Lipinski definition) is 0. The molecule has 0 bridgehead atoms. The number of hydrogen-bond acceptors (Lipinski definition) is 1. The van der Waals surface area contributed by atoms with Crippen LogP contribution >= 0.6 is 11.6 Å². The second-order valence-electron chi connectivity index (χ2n) is 3.85. The SMILES string of the molecule is CCC(=O)Cc1ccccc1.Clc1ccccc1. The highest BCUT2D eigenvalue weighted by Crippen LogP contribution is 2.03. The Kier molecular flexibility index (Phi) is 6.82. The smallest absolute Gasteiger partial charge is 0.136 e. The maximum Gasteiger partial charge on any atom is 0.136 e. The van der Waals surface area contributed by atoms with E-state index in [4.69, 9.17) is 11.6 Å². The third kappa shape index (κ3) is 6.21. The first-order chi connectivity index (χ1) is 8.72. The van der Waals surface area contributed by atoms with Gasteiger partial charge in [-0.15, -0.1) is 0 Å². The standard InChI is InChI=1S/C10H12O.C6H5Cl/c1-2-10(11)8-9-6-4-3-5-7-9;7-6-4-2-1-3-5-6/h3-7H,2,8H2,1H3;1-5H. The monoisotopic (exact) mass is 260 g/mol. The van der Waals surface area contributed by atoms with E-state index >= 15 is 0 Å². The molecule has 0 aliphatic rings. The van der Waals surface area contributed by atoms with Crippen molar-refractivity contribution in [3.05, 3.63) is 71.2 Å². The van der Waals surface area contributed by atoms with Crippen molar-refractivity contribution >= 4 is 17.4 Å². The second kappa shape index (κ2) is 8.48. The molecule has 0 amide bonds. The maximum atomic E-state index is 11.0. The molecule has 0 aliphatic carbocycles. The van der Waals surface area contributed by atoms with E-state index in [9.17, 15) is 4.79 Å². The molecule has 18 heavy (non-hydrogen) atoms. The van der Waals surface area contributed by atoms with Gasteiger partial charge >= 0.3 is 0 Å². The lowest BCUT2D eigenvalue weighted by molar-refractivity contribution is -0.118. The molecule has 2 rings (SSSR count). The van der Waals surface area contributed by atoms with Gasteiger partial charge in [0.05, 0.1) is 0 Å². The molecule has 2 heteroatoms. The summed E-state index contributed by atoms with van der Waals surface area (Å²) in [4.78, 5) is 11.0. The Morgan fingerprint density at radius 1 is 0.944 bits per heavy atom. The van der Waals surface area contributed by atoms with Gasteiger partial charge in [0.1, 0.15) is 5.78 Å². The Morgan fingerprint density at radius 3 is 1.83 bits per heavy atom. The number of rotatable bonds is 3. The summed E-state index contributed by atoms with van der Waals surface area (Å²) < 4.78 is 0. The van der Waals surface area contributed by atoms with Crippen LogP contribution in [-0.4, -0.2) is 5.78 Å². The minimum Gasteiger partial charge on any atom is -0.299 e. The second-order valence-corrected chi connectivity index (χ2v) is 4.29. The number of ketones is 1. The Morgan fingerprint density at radius 2 is 1.44 bits per heavy atom. The number of carbonyl (C=O) groups excluding carboxylic acids is 1. The van der Waals surface area contributed by atoms with Crippen LogP contribution in [0, 0.1) is 0 Å². The van der Waals surface area contributed by atoms with Gasteiger partial charge in [0.25, 0.3) is 0 Å². The Bertz CT molecular complexity index is 451. The van der Waals surface area contributed by atoms with Crippen molar-refractivity contribution < 1.29 is 4.79 Å². The summed E-state index contributed by atoms with van der Waals surface area (Å²) >= 11 is 5.54. The molecular weight excluding hydrogens is 244 g/mol. The van der Waals surface area contributed by atoms with Gasteiger partial charge in [0.15, 0.2) is 0 Å².